The second kappa shape index (κ2) is 9.47. The fourth-order valence-electron chi connectivity index (χ4n) is 3.11. The average molecular weight is 433 g/mol. The van der Waals surface area contributed by atoms with Crippen molar-refractivity contribution in [1.82, 2.24) is 5.32 Å². The lowest BCUT2D eigenvalue weighted by molar-refractivity contribution is 0.00578. The minimum atomic E-state index is -0.695. The lowest BCUT2D eigenvalue weighted by Gasteiger charge is -2.32. The number of nitrogens with zero attached hydrogens (tertiary/aromatic N) is 1. The van der Waals surface area contributed by atoms with E-state index in [1.54, 1.807) is 24.3 Å². The van der Waals surface area contributed by atoms with Crippen LogP contribution in [0.4, 0.5) is 10.5 Å². The van der Waals surface area contributed by atoms with Gasteiger partial charge in [-0.25, -0.2) is 4.79 Å². The first kappa shape index (κ1) is 23.4. The number of nitrogen functional groups attached to an aromatic ring is 1. The van der Waals surface area contributed by atoms with Crippen molar-refractivity contribution in [3.63, 3.8) is 0 Å². The summed E-state index contributed by atoms with van der Waals surface area (Å²) in [4.78, 5) is 12.3. The van der Waals surface area contributed by atoms with E-state index in [1.165, 1.54) is 0 Å². The maximum atomic E-state index is 12.3. The molecule has 1 aliphatic heterocycles. The average Bonchev–Trinajstić information content (AvgIpc) is 2.98. The van der Waals surface area contributed by atoms with Crippen LogP contribution >= 0.6 is 0 Å². The van der Waals surface area contributed by atoms with Gasteiger partial charge < -0.3 is 25.1 Å². The minimum absolute atomic E-state index is 0.126. The molecule has 1 aliphatic rings. The van der Waals surface area contributed by atoms with Gasteiger partial charge in [0.2, 0.25) is 0 Å². The van der Waals surface area contributed by atoms with Crippen LogP contribution in [-0.2, 0) is 20.7 Å². The summed E-state index contributed by atoms with van der Waals surface area (Å²) < 4.78 is 17.6. The summed E-state index contributed by atoms with van der Waals surface area (Å²) in [5, 5.41) is 12.0. The Labute approximate surface area is 189 Å². The van der Waals surface area contributed by atoms with Gasteiger partial charge in [-0.2, -0.15) is 5.26 Å². The van der Waals surface area contributed by atoms with Crippen LogP contribution in [0.1, 0.15) is 44.4 Å². The van der Waals surface area contributed by atoms with Crippen molar-refractivity contribution in [1.29, 1.82) is 5.26 Å². The fourth-order valence-corrected chi connectivity index (χ4v) is 3.11. The van der Waals surface area contributed by atoms with Gasteiger partial charge in [-0.15, -0.1) is 0 Å². The van der Waals surface area contributed by atoms with E-state index in [4.69, 9.17) is 19.8 Å². The number of amides is 1. The Morgan fingerprint density at radius 2 is 1.81 bits per heavy atom. The van der Waals surface area contributed by atoms with Crippen LogP contribution in [0.3, 0.4) is 0 Å². The lowest BCUT2D eigenvalue weighted by Crippen LogP contribution is -2.41. The molecule has 0 unspecified atom stereocenters. The Kier molecular flexibility index (Phi) is 6.92. The number of benzene rings is 2. The molecule has 7 nitrogen and oxygen atoms in total. The monoisotopic (exact) mass is 433 g/mol. The number of hydrogen-bond donors (Lipinski definition) is 2. The van der Waals surface area contributed by atoms with Crippen LogP contribution in [0.5, 0.6) is 0 Å². The van der Waals surface area contributed by atoms with Crippen molar-refractivity contribution < 1.29 is 18.8 Å². The van der Waals surface area contributed by atoms with E-state index >= 15 is 0 Å². The maximum absolute atomic E-state index is 12.3. The molecule has 0 saturated carbocycles. The Hall–Kier alpha value is -3.28. The molecule has 2 aromatic carbocycles. The van der Waals surface area contributed by atoms with Crippen LogP contribution < -0.4 is 11.1 Å². The van der Waals surface area contributed by atoms with E-state index in [0.717, 1.165) is 5.56 Å². The molecule has 32 heavy (non-hydrogen) atoms. The van der Waals surface area contributed by atoms with Crippen molar-refractivity contribution in [2.75, 3.05) is 12.3 Å². The van der Waals surface area contributed by atoms with E-state index in [-0.39, 0.29) is 13.2 Å². The number of nitrogens with two attached hydrogens (primary N) is 1. The summed E-state index contributed by atoms with van der Waals surface area (Å²) in [6.45, 7) is 8.11. The Morgan fingerprint density at radius 1 is 1.16 bits per heavy atom. The molecule has 3 N–H and O–H groups in total. The van der Waals surface area contributed by atoms with Gasteiger partial charge in [-0.1, -0.05) is 36.4 Å². The molecular weight excluding hydrogens is 405 g/mol. The molecule has 0 aliphatic carbocycles. The zero-order chi connectivity index (χ0) is 23.4. The Balaban J connectivity index is 1.78. The van der Waals surface area contributed by atoms with Crippen LogP contribution in [-0.4, -0.2) is 31.0 Å². The van der Waals surface area contributed by atoms with E-state index in [9.17, 15) is 10.1 Å². The molecular formula is C24H28BN3O4. The van der Waals surface area contributed by atoms with Gasteiger partial charge in [-0.05, 0) is 62.5 Å². The summed E-state index contributed by atoms with van der Waals surface area (Å²) in [6, 6.07) is 16.6. The zero-order valence-electron chi connectivity index (χ0n) is 18.8. The van der Waals surface area contributed by atoms with Crippen molar-refractivity contribution in [2.45, 2.75) is 45.5 Å². The van der Waals surface area contributed by atoms with Crippen LogP contribution in [0.2, 0.25) is 0 Å². The van der Waals surface area contributed by atoms with E-state index in [1.807, 2.05) is 58.0 Å². The van der Waals surface area contributed by atoms with Crippen LogP contribution in [0.15, 0.2) is 54.0 Å². The topological polar surface area (TPSA) is 107 Å². The van der Waals surface area contributed by atoms with Crippen molar-refractivity contribution in [3.05, 3.63) is 70.7 Å². The number of carbonyl (C=O) groups excluding carboxylic acids is 1. The molecule has 1 heterocycles. The number of rotatable bonds is 6. The number of anilines is 1. The first-order chi connectivity index (χ1) is 15.1. The summed E-state index contributed by atoms with van der Waals surface area (Å²) in [5.74, 6) is 0. The van der Waals surface area contributed by atoms with Gasteiger partial charge in [0, 0.05) is 12.2 Å². The molecule has 3 rings (SSSR count). The van der Waals surface area contributed by atoms with Gasteiger partial charge in [-0.3, -0.25) is 0 Å². The molecule has 1 saturated heterocycles. The normalized spacial score (nSPS) is 17.0. The molecule has 8 heteroatoms. The third kappa shape index (κ3) is 5.50. The van der Waals surface area contributed by atoms with Gasteiger partial charge >= 0.3 is 13.2 Å². The zero-order valence-corrected chi connectivity index (χ0v) is 18.8. The van der Waals surface area contributed by atoms with Gasteiger partial charge in [0.25, 0.3) is 0 Å². The Morgan fingerprint density at radius 3 is 2.44 bits per heavy atom. The predicted octanol–water partition coefficient (Wildman–Crippen LogP) is 4.08. The van der Waals surface area contributed by atoms with Crippen molar-refractivity contribution >= 4 is 25.0 Å². The molecule has 1 amide bonds. The molecule has 0 aromatic heterocycles. The number of hydrogen-bond acceptors (Lipinski definition) is 6. The smallest absolute Gasteiger partial charge is 0.445 e. The highest BCUT2D eigenvalue weighted by Gasteiger charge is 2.52. The summed E-state index contributed by atoms with van der Waals surface area (Å²) in [7, 11) is -0.695. The fraction of sp³-hybridized carbons (Fsp3) is 0.333. The molecule has 2 aromatic rings. The molecule has 0 spiro atoms. The van der Waals surface area contributed by atoms with Crippen LogP contribution in [0, 0.1) is 11.3 Å². The first-order valence-electron chi connectivity index (χ1n) is 10.4. The molecule has 0 bridgehead atoms. The van der Waals surface area contributed by atoms with E-state index in [0.29, 0.717) is 22.3 Å². The Bertz CT molecular complexity index is 1030. The first-order valence-corrected chi connectivity index (χ1v) is 10.4. The van der Waals surface area contributed by atoms with Crippen molar-refractivity contribution in [2.24, 2.45) is 0 Å². The predicted molar refractivity (Wildman–Crippen MR) is 124 cm³/mol. The lowest BCUT2D eigenvalue weighted by atomic mass is 9.76. The summed E-state index contributed by atoms with van der Waals surface area (Å²) in [6.07, 6.45) is 1.23. The SMILES string of the molecule is CC1(C)OB(C(=Cc2cc(C#N)ccc2N)CNC(=O)OCc2ccccc2)OC1(C)C. The van der Waals surface area contributed by atoms with Gasteiger partial charge in [0.05, 0.1) is 22.8 Å². The molecule has 166 valence electrons. The van der Waals surface area contributed by atoms with Crippen molar-refractivity contribution in [3.8, 4) is 6.07 Å². The minimum Gasteiger partial charge on any atom is -0.445 e. The second-order valence-corrected chi connectivity index (χ2v) is 8.68. The molecule has 1 fully saturated rings. The largest absolute Gasteiger partial charge is 0.492 e. The second-order valence-electron chi connectivity index (χ2n) is 8.68. The van der Waals surface area contributed by atoms with E-state index in [2.05, 4.69) is 11.4 Å². The maximum Gasteiger partial charge on any atom is 0.492 e. The number of nitriles is 1. The third-order valence-corrected chi connectivity index (χ3v) is 5.76. The molecule has 0 radical (unpaired) electrons. The summed E-state index contributed by atoms with van der Waals surface area (Å²) in [5.41, 5.74) is 8.20. The van der Waals surface area contributed by atoms with E-state index < -0.39 is 24.4 Å². The standard InChI is InChI=1S/C24H28BN3O4/c1-23(2)24(3,4)32-25(31-23)20(13-19-12-18(14-26)10-11-21(19)27)15-28-22(29)30-16-17-8-6-5-7-9-17/h5-13H,15-16,27H2,1-4H3,(H,28,29). The van der Waals surface area contributed by atoms with Gasteiger partial charge in [0.1, 0.15) is 6.61 Å². The van der Waals surface area contributed by atoms with Crippen LogP contribution in [0.25, 0.3) is 6.08 Å². The third-order valence-electron chi connectivity index (χ3n) is 5.76. The number of ether oxygens (including phenoxy) is 1. The van der Waals surface area contributed by atoms with Gasteiger partial charge in [0.15, 0.2) is 0 Å². The highest BCUT2D eigenvalue weighted by Crippen LogP contribution is 2.39. The molecule has 0 atom stereocenters. The highest BCUT2D eigenvalue weighted by molar-refractivity contribution is 6.56. The highest BCUT2D eigenvalue weighted by atomic mass is 16.7. The summed E-state index contributed by atoms with van der Waals surface area (Å²) >= 11 is 0. The number of nitrogens with one attached hydrogen (secondary N) is 1. The number of carbonyl (C=O) groups is 1. The number of alkyl carbamates (subject to hydrolysis) is 1. The quantitative estimate of drug-likeness (QED) is 0.525.